The average molecular weight is 273 g/mol. The molecule has 0 aliphatic carbocycles. The minimum atomic E-state index is -0.516. The van der Waals surface area contributed by atoms with Crippen molar-refractivity contribution in [3.05, 3.63) is 23.0 Å². The third-order valence-electron chi connectivity index (χ3n) is 1.71. The summed E-state index contributed by atoms with van der Waals surface area (Å²) in [7, 11) is 0. The van der Waals surface area contributed by atoms with E-state index >= 15 is 0 Å². The largest absolute Gasteiger partial charge is 0.444 e. The van der Waals surface area contributed by atoms with Gasteiger partial charge in [-0.3, -0.25) is 5.32 Å². The maximum Gasteiger partial charge on any atom is 0.412 e. The molecule has 0 radical (unpaired) electrons. The number of aromatic nitrogens is 1. The van der Waals surface area contributed by atoms with Crippen LogP contribution in [0.15, 0.2) is 12.3 Å². The Morgan fingerprint density at radius 3 is 2.39 bits per heavy atom. The molecular weight excluding hydrogens is 252 g/mol. The highest BCUT2D eigenvalue weighted by molar-refractivity contribution is 6.29. The first-order chi connectivity index (χ1) is 8.28. The Morgan fingerprint density at radius 2 is 1.94 bits per heavy atom. The van der Waals surface area contributed by atoms with Crippen molar-refractivity contribution in [2.75, 3.05) is 5.32 Å². The molecule has 1 rings (SSSR count). The summed E-state index contributed by atoms with van der Waals surface area (Å²) in [6, 6.07) is 1.67. The summed E-state index contributed by atoms with van der Waals surface area (Å²) in [6.45, 7) is 11.2. The fourth-order valence-electron chi connectivity index (χ4n) is 1.07. The van der Waals surface area contributed by atoms with Crippen molar-refractivity contribution in [1.82, 2.24) is 4.98 Å². The molecule has 4 nitrogen and oxygen atoms in total. The van der Waals surface area contributed by atoms with Gasteiger partial charge in [-0.1, -0.05) is 25.4 Å². The Balaban J connectivity index is 0.00000137. The summed E-state index contributed by atoms with van der Waals surface area (Å²) in [5, 5.41) is 3.01. The summed E-state index contributed by atoms with van der Waals surface area (Å²) < 4.78 is 5.12. The molecule has 1 N–H and O–H groups in total. The highest BCUT2D eigenvalue weighted by Crippen LogP contribution is 2.17. The van der Waals surface area contributed by atoms with Crippen molar-refractivity contribution in [2.24, 2.45) is 0 Å². The van der Waals surface area contributed by atoms with E-state index in [9.17, 15) is 4.79 Å². The monoisotopic (exact) mass is 272 g/mol. The molecule has 1 amide bonds. The Hall–Kier alpha value is -1.29. The van der Waals surface area contributed by atoms with E-state index in [1.807, 2.05) is 20.8 Å². The van der Waals surface area contributed by atoms with Crippen LogP contribution in [0.5, 0.6) is 0 Å². The van der Waals surface area contributed by atoms with Crippen LogP contribution in [-0.4, -0.2) is 16.7 Å². The predicted octanol–water partition coefficient (Wildman–Crippen LogP) is 4.42. The number of carbonyl (C=O) groups is 1. The minimum absolute atomic E-state index is 0.396. The number of pyridine rings is 1. The van der Waals surface area contributed by atoms with Gasteiger partial charge in [0.05, 0.1) is 11.9 Å². The van der Waals surface area contributed by atoms with Crippen LogP contribution in [0.25, 0.3) is 0 Å². The van der Waals surface area contributed by atoms with E-state index in [1.54, 1.807) is 26.8 Å². The number of nitrogens with zero attached hydrogens (tertiary/aromatic N) is 1. The SMILES string of the molecule is CC.Cc1cc(Cl)ncc1NC(=O)OC(C)(C)C. The number of rotatable bonds is 1. The lowest BCUT2D eigenvalue weighted by Crippen LogP contribution is -2.27. The molecule has 0 aliphatic heterocycles. The molecule has 1 aromatic rings. The normalized spacial score (nSPS) is 10.2. The van der Waals surface area contributed by atoms with Gasteiger partial charge in [0.1, 0.15) is 10.8 Å². The van der Waals surface area contributed by atoms with Crippen LogP contribution in [-0.2, 0) is 4.74 Å². The van der Waals surface area contributed by atoms with E-state index in [0.29, 0.717) is 10.8 Å². The second-order valence-corrected chi connectivity index (χ2v) is 4.84. The van der Waals surface area contributed by atoms with Crippen LogP contribution in [0.4, 0.5) is 10.5 Å². The summed E-state index contributed by atoms with van der Waals surface area (Å²) in [4.78, 5) is 15.4. The Labute approximate surface area is 114 Å². The van der Waals surface area contributed by atoms with Crippen LogP contribution < -0.4 is 5.32 Å². The Kier molecular flexibility index (Phi) is 6.70. The van der Waals surface area contributed by atoms with E-state index in [-0.39, 0.29) is 0 Å². The van der Waals surface area contributed by atoms with Crippen molar-refractivity contribution in [3.63, 3.8) is 0 Å². The van der Waals surface area contributed by atoms with E-state index in [0.717, 1.165) is 5.56 Å². The number of hydrogen-bond donors (Lipinski definition) is 1. The van der Waals surface area contributed by atoms with Gasteiger partial charge in [-0.15, -0.1) is 0 Å². The highest BCUT2D eigenvalue weighted by atomic mass is 35.5. The molecule has 0 aromatic carbocycles. The summed E-state index contributed by atoms with van der Waals surface area (Å²) in [5.74, 6) is 0. The zero-order chi connectivity index (χ0) is 14.3. The van der Waals surface area contributed by atoms with Crippen molar-refractivity contribution >= 4 is 23.4 Å². The zero-order valence-corrected chi connectivity index (χ0v) is 12.6. The van der Waals surface area contributed by atoms with Crippen LogP contribution in [0.3, 0.4) is 0 Å². The first-order valence-electron chi connectivity index (χ1n) is 5.90. The molecule has 0 fully saturated rings. The second kappa shape index (κ2) is 7.21. The van der Waals surface area contributed by atoms with E-state index in [1.165, 1.54) is 6.20 Å². The molecule has 18 heavy (non-hydrogen) atoms. The lowest BCUT2D eigenvalue weighted by atomic mass is 10.2. The van der Waals surface area contributed by atoms with Gasteiger partial charge in [0.2, 0.25) is 0 Å². The van der Waals surface area contributed by atoms with E-state index in [4.69, 9.17) is 16.3 Å². The molecule has 0 unspecified atom stereocenters. The van der Waals surface area contributed by atoms with Gasteiger partial charge in [0.25, 0.3) is 0 Å². The Bertz CT molecular complexity index is 400. The number of hydrogen-bond acceptors (Lipinski definition) is 3. The number of carbonyl (C=O) groups excluding carboxylic acids is 1. The molecule has 5 heteroatoms. The fourth-order valence-corrected chi connectivity index (χ4v) is 1.28. The van der Waals surface area contributed by atoms with Crippen LogP contribution >= 0.6 is 11.6 Å². The van der Waals surface area contributed by atoms with Gasteiger partial charge in [0.15, 0.2) is 0 Å². The number of anilines is 1. The molecule has 0 aliphatic rings. The number of nitrogens with one attached hydrogen (secondary N) is 1. The van der Waals surface area contributed by atoms with Gasteiger partial charge in [0, 0.05) is 0 Å². The smallest absolute Gasteiger partial charge is 0.412 e. The summed E-state index contributed by atoms with van der Waals surface area (Å²) >= 11 is 5.70. The standard InChI is InChI=1S/C11H15ClN2O2.C2H6/c1-7-5-9(12)13-6-8(7)14-10(15)16-11(2,3)4;1-2/h5-6H,1-4H3,(H,14,15);1-2H3. The van der Waals surface area contributed by atoms with Gasteiger partial charge in [-0.05, 0) is 39.3 Å². The number of ether oxygens (including phenoxy) is 1. The van der Waals surface area contributed by atoms with Gasteiger partial charge >= 0.3 is 6.09 Å². The zero-order valence-electron chi connectivity index (χ0n) is 11.8. The number of aryl methyl sites for hydroxylation is 1. The average Bonchev–Trinajstić information content (AvgIpc) is 2.22. The summed E-state index contributed by atoms with van der Waals surface area (Å²) in [6.07, 6.45) is 1.00. The third-order valence-corrected chi connectivity index (χ3v) is 1.92. The van der Waals surface area contributed by atoms with Gasteiger partial charge in [-0.2, -0.15) is 0 Å². The maximum absolute atomic E-state index is 11.5. The first kappa shape index (κ1) is 16.7. The lowest BCUT2D eigenvalue weighted by molar-refractivity contribution is 0.0635. The topological polar surface area (TPSA) is 51.2 Å². The molecule has 0 spiro atoms. The number of halogens is 1. The first-order valence-corrected chi connectivity index (χ1v) is 6.28. The van der Waals surface area contributed by atoms with Crippen molar-refractivity contribution < 1.29 is 9.53 Å². The number of amides is 1. The molecule has 0 bridgehead atoms. The fraction of sp³-hybridized carbons (Fsp3) is 0.538. The van der Waals surface area contributed by atoms with Crippen LogP contribution in [0, 0.1) is 6.92 Å². The molecule has 0 saturated heterocycles. The molecular formula is C13H21ClN2O2. The molecule has 0 saturated carbocycles. The van der Waals surface area contributed by atoms with E-state index < -0.39 is 11.7 Å². The maximum atomic E-state index is 11.5. The van der Waals surface area contributed by atoms with Gasteiger partial charge in [-0.25, -0.2) is 9.78 Å². The molecule has 0 atom stereocenters. The van der Waals surface area contributed by atoms with Gasteiger partial charge < -0.3 is 4.74 Å². The van der Waals surface area contributed by atoms with E-state index in [2.05, 4.69) is 10.3 Å². The second-order valence-electron chi connectivity index (χ2n) is 4.45. The molecule has 1 heterocycles. The van der Waals surface area contributed by atoms with Crippen molar-refractivity contribution in [2.45, 2.75) is 47.1 Å². The molecule has 102 valence electrons. The van der Waals surface area contributed by atoms with Crippen molar-refractivity contribution in [1.29, 1.82) is 0 Å². The van der Waals surface area contributed by atoms with Crippen LogP contribution in [0.1, 0.15) is 40.2 Å². The van der Waals surface area contributed by atoms with Crippen molar-refractivity contribution in [3.8, 4) is 0 Å². The highest BCUT2D eigenvalue weighted by Gasteiger charge is 2.16. The minimum Gasteiger partial charge on any atom is -0.444 e. The quantitative estimate of drug-likeness (QED) is 0.770. The Morgan fingerprint density at radius 1 is 1.39 bits per heavy atom. The summed E-state index contributed by atoms with van der Waals surface area (Å²) in [5.41, 5.74) is 0.919. The lowest BCUT2D eigenvalue weighted by Gasteiger charge is -2.20. The predicted molar refractivity (Wildman–Crippen MR) is 75.2 cm³/mol. The molecule has 1 aromatic heterocycles. The van der Waals surface area contributed by atoms with Crippen LogP contribution in [0.2, 0.25) is 5.15 Å². The third kappa shape index (κ3) is 6.45.